The number of nitrogens with zero attached hydrogens (tertiary/aromatic N) is 3. The molecule has 1 spiro atoms. The topological polar surface area (TPSA) is 87.8 Å². The molecule has 3 aliphatic heterocycles. The van der Waals surface area contributed by atoms with Gasteiger partial charge in [0.25, 0.3) is 5.91 Å². The van der Waals surface area contributed by atoms with E-state index in [-0.39, 0.29) is 18.6 Å². The van der Waals surface area contributed by atoms with Crippen LogP contribution in [0.1, 0.15) is 47.9 Å². The van der Waals surface area contributed by atoms with Crippen LogP contribution in [0, 0.1) is 0 Å². The lowest BCUT2D eigenvalue weighted by Crippen LogP contribution is -2.58. The van der Waals surface area contributed by atoms with Gasteiger partial charge in [0.2, 0.25) is 12.7 Å². The Morgan fingerprint density at radius 2 is 1.97 bits per heavy atom. The molecular weight excluding hydrogens is 372 g/mol. The highest BCUT2D eigenvalue weighted by atomic mass is 16.7. The van der Waals surface area contributed by atoms with Crippen LogP contribution < -0.4 is 9.47 Å². The molecule has 1 saturated heterocycles. The molecule has 1 fully saturated rings. The van der Waals surface area contributed by atoms with Crippen LogP contribution in [0.2, 0.25) is 0 Å². The number of aromatic nitrogens is 2. The van der Waals surface area contributed by atoms with E-state index in [1.807, 2.05) is 16.7 Å². The summed E-state index contributed by atoms with van der Waals surface area (Å²) in [6, 6.07) is 5.30. The van der Waals surface area contributed by atoms with Gasteiger partial charge in [0.1, 0.15) is 0 Å². The number of carbonyl (C=O) groups excluding carboxylic acids is 2. The normalized spacial score (nSPS) is 19.3. The number of benzene rings is 1. The Hall–Kier alpha value is -3.03. The zero-order valence-corrected chi connectivity index (χ0v) is 16.4. The number of hydrogen-bond donors (Lipinski definition) is 1. The smallest absolute Gasteiger partial charge is 0.253 e. The highest BCUT2D eigenvalue weighted by molar-refractivity contribution is 5.95. The molecule has 152 valence electrons. The molecule has 2 aromatic rings. The van der Waals surface area contributed by atoms with Gasteiger partial charge < -0.3 is 24.3 Å². The van der Waals surface area contributed by atoms with Gasteiger partial charge in [0, 0.05) is 43.7 Å². The van der Waals surface area contributed by atoms with E-state index in [1.165, 1.54) is 0 Å². The molecule has 0 bridgehead atoms. The van der Waals surface area contributed by atoms with Crippen LogP contribution in [0.4, 0.5) is 0 Å². The second-order valence-electron chi connectivity index (χ2n) is 7.77. The van der Waals surface area contributed by atoms with Crippen molar-refractivity contribution in [3.63, 3.8) is 0 Å². The minimum absolute atomic E-state index is 0.0235. The summed E-state index contributed by atoms with van der Waals surface area (Å²) in [5, 5.41) is 0. The number of fused-ring (bicyclic) bond motifs is 3. The van der Waals surface area contributed by atoms with Crippen molar-refractivity contribution in [2.24, 2.45) is 0 Å². The van der Waals surface area contributed by atoms with Crippen LogP contribution in [0.5, 0.6) is 11.5 Å². The third kappa shape index (κ3) is 2.77. The third-order valence-electron chi connectivity index (χ3n) is 6.36. The van der Waals surface area contributed by atoms with Gasteiger partial charge in [-0.15, -0.1) is 0 Å². The van der Waals surface area contributed by atoms with E-state index in [4.69, 9.17) is 9.47 Å². The molecule has 1 N–H and O–H groups in total. The summed E-state index contributed by atoms with van der Waals surface area (Å²) in [5.41, 5.74) is 2.25. The zero-order chi connectivity index (χ0) is 20.0. The minimum Gasteiger partial charge on any atom is -0.454 e. The highest BCUT2D eigenvalue weighted by Crippen LogP contribution is 2.43. The highest BCUT2D eigenvalue weighted by Gasteiger charge is 2.48. The maximum absolute atomic E-state index is 13.1. The molecule has 1 aromatic carbocycles. The summed E-state index contributed by atoms with van der Waals surface area (Å²) >= 11 is 0. The molecule has 4 heterocycles. The predicted molar refractivity (Wildman–Crippen MR) is 104 cm³/mol. The quantitative estimate of drug-likeness (QED) is 0.840. The molecule has 5 rings (SSSR count). The van der Waals surface area contributed by atoms with Gasteiger partial charge in [-0.25, -0.2) is 4.98 Å². The van der Waals surface area contributed by atoms with Crippen LogP contribution in [0.3, 0.4) is 0 Å². The summed E-state index contributed by atoms with van der Waals surface area (Å²) in [6.07, 6.45) is 4.36. The van der Waals surface area contributed by atoms with E-state index in [2.05, 4.69) is 9.97 Å². The second kappa shape index (κ2) is 6.79. The Kier molecular flexibility index (Phi) is 4.22. The Morgan fingerprint density at radius 3 is 2.76 bits per heavy atom. The van der Waals surface area contributed by atoms with Crippen molar-refractivity contribution >= 4 is 11.8 Å². The van der Waals surface area contributed by atoms with Gasteiger partial charge in [-0.05, 0) is 31.0 Å². The summed E-state index contributed by atoms with van der Waals surface area (Å²) in [7, 11) is 0. The first-order chi connectivity index (χ1) is 14.1. The van der Waals surface area contributed by atoms with E-state index in [0.29, 0.717) is 56.0 Å². The fourth-order valence-electron chi connectivity index (χ4n) is 4.83. The molecular formula is C21H24N4O4. The van der Waals surface area contributed by atoms with Gasteiger partial charge in [-0.1, -0.05) is 6.92 Å². The molecule has 0 atom stereocenters. The van der Waals surface area contributed by atoms with E-state index in [1.54, 1.807) is 24.5 Å². The van der Waals surface area contributed by atoms with E-state index in [0.717, 1.165) is 17.8 Å². The predicted octanol–water partition coefficient (Wildman–Crippen LogP) is 2.06. The summed E-state index contributed by atoms with van der Waals surface area (Å²) in [4.78, 5) is 37.4. The number of aromatic amines is 1. The minimum atomic E-state index is -0.424. The van der Waals surface area contributed by atoms with Gasteiger partial charge in [0.05, 0.1) is 17.6 Å². The van der Waals surface area contributed by atoms with E-state index < -0.39 is 5.54 Å². The number of likely N-dealkylation sites (tertiary alicyclic amines) is 1. The molecule has 0 aliphatic carbocycles. The number of rotatable bonds is 2. The monoisotopic (exact) mass is 396 g/mol. The van der Waals surface area contributed by atoms with Gasteiger partial charge >= 0.3 is 0 Å². The molecule has 8 nitrogen and oxygen atoms in total. The van der Waals surface area contributed by atoms with Crippen LogP contribution in [-0.2, 0) is 16.8 Å². The maximum Gasteiger partial charge on any atom is 0.253 e. The lowest BCUT2D eigenvalue weighted by atomic mass is 9.78. The largest absolute Gasteiger partial charge is 0.454 e. The molecule has 0 unspecified atom stereocenters. The number of piperidine rings is 1. The number of nitrogens with one attached hydrogen (secondary N) is 1. The van der Waals surface area contributed by atoms with Crippen LogP contribution in [0.25, 0.3) is 0 Å². The Bertz CT molecular complexity index is 961. The van der Waals surface area contributed by atoms with Crippen molar-refractivity contribution < 1.29 is 19.1 Å². The SMILES string of the molecule is CCC(=O)N1CCc2[nH]cnc2C12CCN(C(=O)c1ccc3c(c1)OCO3)CC2. The maximum atomic E-state index is 13.1. The Balaban J connectivity index is 1.38. The average Bonchev–Trinajstić information content (AvgIpc) is 3.43. The lowest BCUT2D eigenvalue weighted by Gasteiger charge is -2.50. The number of ether oxygens (including phenoxy) is 2. The van der Waals surface area contributed by atoms with Crippen LogP contribution in [-0.4, -0.2) is 58.0 Å². The first-order valence-electron chi connectivity index (χ1n) is 10.1. The zero-order valence-electron chi connectivity index (χ0n) is 16.4. The molecule has 0 radical (unpaired) electrons. The standard InChI is InChI=1S/C21H24N4O4/c1-2-18(26)25-8-5-15-19(23-12-22-15)21(25)6-9-24(10-7-21)20(27)14-3-4-16-17(11-14)29-13-28-16/h3-4,11-12H,2,5-10,13H2,1H3,(H,22,23). The van der Waals surface area contributed by atoms with Crippen molar-refractivity contribution in [2.75, 3.05) is 26.4 Å². The van der Waals surface area contributed by atoms with Crippen LogP contribution in [0.15, 0.2) is 24.5 Å². The fourth-order valence-corrected chi connectivity index (χ4v) is 4.83. The number of amides is 2. The van der Waals surface area contributed by atoms with Crippen molar-refractivity contribution in [1.82, 2.24) is 19.8 Å². The molecule has 0 saturated carbocycles. The van der Waals surface area contributed by atoms with Crippen LogP contribution >= 0.6 is 0 Å². The van der Waals surface area contributed by atoms with E-state index >= 15 is 0 Å². The summed E-state index contributed by atoms with van der Waals surface area (Å²) < 4.78 is 10.7. The first-order valence-corrected chi connectivity index (χ1v) is 10.1. The van der Waals surface area contributed by atoms with Gasteiger partial charge in [-0.2, -0.15) is 0 Å². The molecule has 29 heavy (non-hydrogen) atoms. The number of imidazole rings is 1. The Morgan fingerprint density at radius 1 is 1.17 bits per heavy atom. The average molecular weight is 396 g/mol. The van der Waals surface area contributed by atoms with Gasteiger partial charge in [-0.3, -0.25) is 9.59 Å². The summed E-state index contributed by atoms with van der Waals surface area (Å²) in [6.45, 7) is 3.93. The summed E-state index contributed by atoms with van der Waals surface area (Å²) in [5.74, 6) is 1.40. The molecule has 2 amide bonds. The Labute approximate surface area is 168 Å². The molecule has 8 heteroatoms. The second-order valence-corrected chi connectivity index (χ2v) is 7.77. The third-order valence-corrected chi connectivity index (χ3v) is 6.36. The number of carbonyl (C=O) groups is 2. The van der Waals surface area contributed by atoms with Crippen molar-refractivity contribution in [3.05, 3.63) is 41.5 Å². The lowest BCUT2D eigenvalue weighted by molar-refractivity contribution is -0.141. The van der Waals surface area contributed by atoms with Crippen molar-refractivity contribution in [2.45, 2.75) is 38.1 Å². The van der Waals surface area contributed by atoms with E-state index in [9.17, 15) is 9.59 Å². The number of H-pyrrole nitrogens is 1. The number of hydrogen-bond acceptors (Lipinski definition) is 5. The van der Waals surface area contributed by atoms with Crippen molar-refractivity contribution in [3.8, 4) is 11.5 Å². The fraction of sp³-hybridized carbons (Fsp3) is 0.476. The first kappa shape index (κ1) is 18.0. The van der Waals surface area contributed by atoms with Crippen molar-refractivity contribution in [1.29, 1.82) is 0 Å². The molecule has 3 aliphatic rings. The molecule has 1 aromatic heterocycles. The van der Waals surface area contributed by atoms with Gasteiger partial charge in [0.15, 0.2) is 11.5 Å².